The first-order chi connectivity index (χ1) is 10.7. The van der Waals surface area contributed by atoms with Crippen molar-refractivity contribution < 1.29 is 4.79 Å². The summed E-state index contributed by atoms with van der Waals surface area (Å²) in [4.78, 5) is 35.9. The van der Waals surface area contributed by atoms with Crippen molar-refractivity contribution >= 4 is 11.6 Å². The second-order valence-electron chi connectivity index (χ2n) is 5.01. The maximum Gasteiger partial charge on any atom is 0.271 e. The van der Waals surface area contributed by atoms with Gasteiger partial charge in [-0.05, 0) is 12.1 Å². The van der Waals surface area contributed by atoms with Gasteiger partial charge in [0.05, 0.1) is 17.9 Å². The van der Waals surface area contributed by atoms with Crippen LogP contribution in [0.5, 0.6) is 0 Å². The Kier molecular flexibility index (Phi) is 3.69. The van der Waals surface area contributed by atoms with Crippen LogP contribution in [0.2, 0.25) is 0 Å². The highest BCUT2D eigenvalue weighted by molar-refractivity contribution is 5.87. The molecule has 2 N–H and O–H groups in total. The van der Waals surface area contributed by atoms with Gasteiger partial charge in [0, 0.05) is 37.2 Å². The first kappa shape index (κ1) is 14.0. The number of anilines is 1. The summed E-state index contributed by atoms with van der Waals surface area (Å²) in [5, 5.41) is 3.15. The number of aromatic nitrogens is 3. The Balaban J connectivity index is 1.74. The second kappa shape index (κ2) is 5.80. The zero-order chi connectivity index (χ0) is 15.5. The molecule has 112 valence electrons. The fourth-order valence-corrected chi connectivity index (χ4v) is 2.29. The van der Waals surface area contributed by atoms with Crippen LogP contribution < -0.4 is 10.9 Å². The first-order valence-corrected chi connectivity index (χ1v) is 6.84. The van der Waals surface area contributed by atoms with Gasteiger partial charge in [0.25, 0.3) is 5.56 Å². The molecule has 0 atom stereocenters. The summed E-state index contributed by atoms with van der Waals surface area (Å²) in [6.07, 6.45) is 7.71. The zero-order valence-electron chi connectivity index (χ0n) is 11.8. The summed E-state index contributed by atoms with van der Waals surface area (Å²) in [6, 6.07) is 1.79. The minimum Gasteiger partial charge on any atom is -0.374 e. The number of carbonyl (C=O) groups excluding carboxylic acids is 1. The molecule has 0 unspecified atom stereocenters. The first-order valence-electron chi connectivity index (χ1n) is 6.84. The lowest BCUT2D eigenvalue weighted by atomic mass is 10.1. The van der Waals surface area contributed by atoms with Gasteiger partial charge in [0.15, 0.2) is 0 Å². The van der Waals surface area contributed by atoms with Crippen molar-refractivity contribution in [2.75, 3.05) is 18.4 Å². The van der Waals surface area contributed by atoms with E-state index in [2.05, 4.69) is 26.8 Å². The van der Waals surface area contributed by atoms with Crippen LogP contribution in [0.3, 0.4) is 0 Å². The number of likely N-dealkylation sites (tertiary alicyclic amines) is 1. The van der Waals surface area contributed by atoms with E-state index in [9.17, 15) is 9.59 Å². The Morgan fingerprint density at radius 2 is 2.27 bits per heavy atom. The van der Waals surface area contributed by atoms with E-state index in [1.807, 2.05) is 0 Å². The van der Waals surface area contributed by atoms with Gasteiger partial charge in [-0.1, -0.05) is 6.58 Å². The van der Waals surface area contributed by atoms with Crippen molar-refractivity contribution in [3.8, 4) is 11.3 Å². The summed E-state index contributed by atoms with van der Waals surface area (Å²) in [6.45, 7) is 4.56. The molecule has 0 aliphatic carbocycles. The second-order valence-corrected chi connectivity index (χ2v) is 5.01. The smallest absolute Gasteiger partial charge is 0.271 e. The van der Waals surface area contributed by atoms with E-state index in [4.69, 9.17) is 0 Å². The van der Waals surface area contributed by atoms with Gasteiger partial charge in [-0.2, -0.15) is 0 Å². The number of amides is 1. The molecule has 0 radical (unpaired) electrons. The monoisotopic (exact) mass is 297 g/mol. The highest BCUT2D eigenvalue weighted by atomic mass is 16.2. The number of hydrogen-bond acceptors (Lipinski definition) is 5. The van der Waals surface area contributed by atoms with E-state index in [0.29, 0.717) is 24.5 Å². The van der Waals surface area contributed by atoms with Crippen molar-refractivity contribution in [3.63, 3.8) is 0 Å². The highest BCUT2D eigenvalue weighted by Crippen LogP contribution is 2.18. The normalized spacial score (nSPS) is 14.3. The Labute approximate surface area is 126 Å². The fourth-order valence-electron chi connectivity index (χ4n) is 2.29. The van der Waals surface area contributed by atoms with Crippen LogP contribution in [0.1, 0.15) is 0 Å². The van der Waals surface area contributed by atoms with Gasteiger partial charge < -0.3 is 15.2 Å². The van der Waals surface area contributed by atoms with Crippen LogP contribution in [-0.4, -0.2) is 44.9 Å². The quantitative estimate of drug-likeness (QED) is 0.808. The average molecular weight is 297 g/mol. The molecule has 2 aromatic heterocycles. The van der Waals surface area contributed by atoms with Gasteiger partial charge >= 0.3 is 0 Å². The minimum absolute atomic E-state index is 0.0575. The Morgan fingerprint density at radius 3 is 2.95 bits per heavy atom. The van der Waals surface area contributed by atoms with Crippen LogP contribution in [0, 0.1) is 0 Å². The number of carbonyl (C=O) groups is 1. The lowest BCUT2D eigenvalue weighted by Crippen LogP contribution is -2.56. The van der Waals surface area contributed by atoms with Crippen molar-refractivity contribution in [1.82, 2.24) is 19.9 Å². The maximum absolute atomic E-state index is 11.9. The van der Waals surface area contributed by atoms with E-state index in [1.165, 1.54) is 6.08 Å². The Bertz CT molecular complexity index is 750. The van der Waals surface area contributed by atoms with Gasteiger partial charge in [-0.3, -0.25) is 19.6 Å². The lowest BCUT2D eigenvalue weighted by Gasteiger charge is -2.39. The number of nitrogens with zero attached hydrogens (tertiary/aromatic N) is 3. The molecule has 0 aromatic carbocycles. The van der Waals surface area contributed by atoms with Crippen LogP contribution in [-0.2, 0) is 4.79 Å². The molecule has 0 spiro atoms. The van der Waals surface area contributed by atoms with Crippen LogP contribution in [0.15, 0.2) is 48.3 Å². The van der Waals surface area contributed by atoms with Crippen molar-refractivity contribution in [1.29, 1.82) is 0 Å². The third-order valence-electron chi connectivity index (χ3n) is 3.49. The summed E-state index contributed by atoms with van der Waals surface area (Å²) in [5.74, 6) is -0.0970. The SMILES string of the molecule is C=CC(=O)N1CC(Nc2cc(-c3cnccn3)c[nH]c2=O)C1. The minimum atomic E-state index is -0.207. The largest absolute Gasteiger partial charge is 0.374 e. The van der Waals surface area contributed by atoms with Crippen LogP contribution in [0.25, 0.3) is 11.3 Å². The molecule has 0 bridgehead atoms. The summed E-state index contributed by atoms with van der Waals surface area (Å²) >= 11 is 0. The molecule has 0 saturated carbocycles. The Hall–Kier alpha value is -2.96. The number of H-pyrrole nitrogens is 1. The van der Waals surface area contributed by atoms with Gasteiger partial charge in [0.2, 0.25) is 5.91 Å². The highest BCUT2D eigenvalue weighted by Gasteiger charge is 2.29. The molecular formula is C15H15N5O2. The molecule has 1 aliphatic heterocycles. The van der Waals surface area contributed by atoms with E-state index >= 15 is 0 Å². The standard InChI is InChI=1S/C15H15N5O2/c1-2-14(21)20-8-11(9-20)19-12-5-10(6-18-15(12)22)13-7-16-3-4-17-13/h2-7,11,19H,1,8-9H2,(H,18,22). The Morgan fingerprint density at radius 1 is 1.45 bits per heavy atom. The topological polar surface area (TPSA) is 91.0 Å². The number of rotatable bonds is 4. The van der Waals surface area contributed by atoms with E-state index in [-0.39, 0.29) is 17.5 Å². The zero-order valence-corrected chi connectivity index (χ0v) is 11.8. The van der Waals surface area contributed by atoms with Crippen molar-refractivity contribution in [2.24, 2.45) is 0 Å². The molecule has 3 heterocycles. The van der Waals surface area contributed by atoms with Crippen molar-refractivity contribution in [3.05, 3.63) is 53.9 Å². The molecule has 3 rings (SSSR count). The third-order valence-corrected chi connectivity index (χ3v) is 3.49. The maximum atomic E-state index is 11.9. The molecule has 7 nitrogen and oxygen atoms in total. The number of pyridine rings is 1. The van der Waals surface area contributed by atoms with Crippen molar-refractivity contribution in [2.45, 2.75) is 6.04 Å². The predicted octanol–water partition coefficient (Wildman–Crippen LogP) is 0.641. The lowest BCUT2D eigenvalue weighted by molar-refractivity contribution is -0.129. The van der Waals surface area contributed by atoms with E-state index < -0.39 is 0 Å². The third kappa shape index (κ3) is 2.73. The molecule has 22 heavy (non-hydrogen) atoms. The van der Waals surface area contributed by atoms with E-state index in [0.717, 1.165) is 5.56 Å². The van der Waals surface area contributed by atoms with E-state index in [1.54, 1.807) is 35.8 Å². The number of nitrogens with one attached hydrogen (secondary N) is 2. The number of aromatic amines is 1. The number of hydrogen-bond donors (Lipinski definition) is 2. The summed E-state index contributed by atoms with van der Waals surface area (Å²) in [5.41, 5.74) is 1.70. The molecule has 1 aliphatic rings. The van der Waals surface area contributed by atoms with Gasteiger partial charge in [0.1, 0.15) is 5.69 Å². The molecule has 7 heteroatoms. The molecule has 1 amide bonds. The molecule has 1 fully saturated rings. The van der Waals surface area contributed by atoms with Crippen LogP contribution in [0.4, 0.5) is 5.69 Å². The molecule has 2 aromatic rings. The van der Waals surface area contributed by atoms with Gasteiger partial charge in [-0.15, -0.1) is 0 Å². The van der Waals surface area contributed by atoms with Crippen LogP contribution >= 0.6 is 0 Å². The molecule has 1 saturated heterocycles. The average Bonchev–Trinajstić information content (AvgIpc) is 2.52. The predicted molar refractivity (Wildman–Crippen MR) is 82.3 cm³/mol. The summed E-state index contributed by atoms with van der Waals surface area (Å²) in [7, 11) is 0. The van der Waals surface area contributed by atoms with Gasteiger partial charge in [-0.25, -0.2) is 0 Å². The summed E-state index contributed by atoms with van der Waals surface area (Å²) < 4.78 is 0. The fraction of sp³-hybridized carbons (Fsp3) is 0.200. The molecular weight excluding hydrogens is 282 g/mol.